The number of hydrogen-bond donors (Lipinski definition) is 0. The SMILES string of the molecule is CCc1nn2c(C)cc(N3CC4(C3)CN(C3CCO3)C4)cc2c1N(C)c1nc(-c2ccc(F)cc2)c(C#N)s1. The number of benzene rings is 1. The minimum atomic E-state index is -0.315. The number of ether oxygens (including phenoxy) is 1. The second-order valence-corrected chi connectivity index (χ2v) is 12.0. The molecule has 4 aromatic rings. The fourth-order valence-corrected chi connectivity index (χ4v) is 7.07. The predicted octanol–water partition coefficient (Wildman–Crippen LogP) is 4.98. The van der Waals surface area contributed by atoms with E-state index in [1.165, 1.54) is 29.2 Å². The fourth-order valence-electron chi connectivity index (χ4n) is 6.21. The van der Waals surface area contributed by atoms with Crippen LogP contribution in [0.4, 0.5) is 20.9 Å². The van der Waals surface area contributed by atoms with Crippen LogP contribution in [0.2, 0.25) is 0 Å². The molecule has 3 aliphatic rings. The second kappa shape index (κ2) is 9.01. The molecule has 0 aliphatic carbocycles. The number of nitriles is 1. The van der Waals surface area contributed by atoms with Crippen LogP contribution in [-0.4, -0.2) is 65.6 Å². The van der Waals surface area contributed by atoms with E-state index in [2.05, 4.69) is 41.8 Å². The molecule has 1 aromatic carbocycles. The van der Waals surface area contributed by atoms with Gasteiger partial charge >= 0.3 is 0 Å². The standard InChI is InChI=1S/C29H30FN7OS/c1-4-22-27(34(3)28-32-26(24(13-31)39-28)19-5-7-20(30)8-6-19)23-12-21(11-18(2)37(23)33-22)35-14-29(15-35)16-36(17-29)25-9-10-38-25/h5-8,11-12,25H,4,9-10,14-17H2,1-3H3. The highest BCUT2D eigenvalue weighted by Crippen LogP contribution is 2.45. The molecule has 8 nitrogen and oxygen atoms in total. The van der Waals surface area contributed by atoms with Crippen molar-refractivity contribution in [2.45, 2.75) is 32.9 Å². The summed E-state index contributed by atoms with van der Waals surface area (Å²) in [6.07, 6.45) is 2.27. The summed E-state index contributed by atoms with van der Waals surface area (Å²) in [5.41, 5.74) is 6.98. The maximum atomic E-state index is 13.5. The topological polar surface area (TPSA) is 72.9 Å². The molecule has 3 saturated heterocycles. The third kappa shape index (κ3) is 3.91. The summed E-state index contributed by atoms with van der Waals surface area (Å²) < 4.78 is 21.2. The number of likely N-dealkylation sites (tertiary alicyclic amines) is 1. The number of rotatable bonds is 6. The molecular weight excluding hydrogens is 513 g/mol. The number of thiazole rings is 1. The molecule has 200 valence electrons. The highest BCUT2D eigenvalue weighted by Gasteiger charge is 2.54. The quantitative estimate of drug-likeness (QED) is 0.340. The van der Waals surface area contributed by atoms with Crippen LogP contribution in [0.15, 0.2) is 36.4 Å². The Hall–Kier alpha value is -3.52. The molecule has 1 unspecified atom stereocenters. The first kappa shape index (κ1) is 24.5. The summed E-state index contributed by atoms with van der Waals surface area (Å²) in [5.74, 6) is -0.315. The van der Waals surface area contributed by atoms with Crippen LogP contribution in [0.1, 0.15) is 29.6 Å². The lowest BCUT2D eigenvalue weighted by Crippen LogP contribution is -2.74. The number of nitrogens with zero attached hydrogens (tertiary/aromatic N) is 7. The Morgan fingerprint density at radius 1 is 1.21 bits per heavy atom. The molecule has 1 atom stereocenters. The Morgan fingerprint density at radius 2 is 1.95 bits per heavy atom. The lowest BCUT2D eigenvalue weighted by atomic mass is 9.72. The lowest BCUT2D eigenvalue weighted by molar-refractivity contribution is -0.203. The van der Waals surface area contributed by atoms with Gasteiger partial charge in [-0.05, 0) is 49.7 Å². The third-order valence-electron chi connectivity index (χ3n) is 8.31. The van der Waals surface area contributed by atoms with E-state index in [4.69, 9.17) is 14.8 Å². The zero-order valence-electron chi connectivity index (χ0n) is 22.3. The van der Waals surface area contributed by atoms with Gasteiger partial charge in [0.1, 0.15) is 28.7 Å². The molecule has 10 heteroatoms. The number of hydrogen-bond acceptors (Lipinski definition) is 8. The minimum Gasteiger partial charge on any atom is -0.370 e. The maximum absolute atomic E-state index is 13.5. The molecule has 6 heterocycles. The van der Waals surface area contributed by atoms with Crippen molar-refractivity contribution in [3.8, 4) is 17.3 Å². The summed E-state index contributed by atoms with van der Waals surface area (Å²) >= 11 is 1.34. The Balaban J connectivity index is 1.20. The van der Waals surface area contributed by atoms with Gasteiger partial charge in [0.2, 0.25) is 0 Å². The van der Waals surface area contributed by atoms with Gasteiger partial charge in [-0.2, -0.15) is 10.4 Å². The van der Waals surface area contributed by atoms with Gasteiger partial charge in [0.05, 0.1) is 23.5 Å². The first-order valence-corrected chi connectivity index (χ1v) is 14.2. The third-order valence-corrected chi connectivity index (χ3v) is 9.35. The minimum absolute atomic E-state index is 0.315. The molecule has 3 fully saturated rings. The number of anilines is 3. The van der Waals surface area contributed by atoms with E-state index in [0.717, 1.165) is 73.8 Å². The van der Waals surface area contributed by atoms with Gasteiger partial charge in [0.25, 0.3) is 0 Å². The van der Waals surface area contributed by atoms with Crippen LogP contribution in [0, 0.1) is 29.5 Å². The average Bonchev–Trinajstić information content (AvgIpc) is 3.45. The van der Waals surface area contributed by atoms with Crippen LogP contribution < -0.4 is 9.80 Å². The van der Waals surface area contributed by atoms with Crippen molar-refractivity contribution in [1.29, 1.82) is 5.26 Å². The van der Waals surface area contributed by atoms with Crippen LogP contribution in [0.25, 0.3) is 16.8 Å². The van der Waals surface area contributed by atoms with E-state index in [1.54, 1.807) is 12.1 Å². The molecule has 0 bridgehead atoms. The van der Waals surface area contributed by atoms with Crippen molar-refractivity contribution < 1.29 is 9.13 Å². The summed E-state index contributed by atoms with van der Waals surface area (Å²) in [5, 5.41) is 15.5. The van der Waals surface area contributed by atoms with Crippen LogP contribution >= 0.6 is 11.3 Å². The van der Waals surface area contributed by atoms with E-state index in [9.17, 15) is 9.65 Å². The Labute approximate surface area is 230 Å². The summed E-state index contributed by atoms with van der Waals surface area (Å²) in [7, 11) is 1.98. The van der Waals surface area contributed by atoms with E-state index in [0.29, 0.717) is 27.3 Å². The summed E-state index contributed by atoms with van der Waals surface area (Å²) in [6.45, 7) is 9.47. The van der Waals surface area contributed by atoms with Gasteiger partial charge in [-0.1, -0.05) is 18.3 Å². The first-order valence-electron chi connectivity index (χ1n) is 13.4. The maximum Gasteiger partial charge on any atom is 0.191 e. The van der Waals surface area contributed by atoms with Gasteiger partial charge in [-0.3, -0.25) is 4.90 Å². The van der Waals surface area contributed by atoms with Crippen molar-refractivity contribution in [3.63, 3.8) is 0 Å². The number of halogens is 1. The molecular formula is C29H30FN7OS. The van der Waals surface area contributed by atoms with Gasteiger partial charge in [-0.25, -0.2) is 13.9 Å². The molecule has 7 rings (SSSR count). The van der Waals surface area contributed by atoms with Gasteiger partial charge < -0.3 is 14.5 Å². The van der Waals surface area contributed by atoms with Crippen LogP contribution in [0.5, 0.6) is 0 Å². The smallest absolute Gasteiger partial charge is 0.191 e. The van der Waals surface area contributed by atoms with Crippen molar-refractivity contribution in [2.24, 2.45) is 5.41 Å². The highest BCUT2D eigenvalue weighted by atomic mass is 32.1. The monoisotopic (exact) mass is 543 g/mol. The second-order valence-electron chi connectivity index (χ2n) is 11.0. The molecule has 0 amide bonds. The normalized spacial score (nSPS) is 20.0. The number of aromatic nitrogens is 3. The van der Waals surface area contributed by atoms with Gasteiger partial charge in [-0.15, -0.1) is 0 Å². The van der Waals surface area contributed by atoms with E-state index >= 15 is 0 Å². The van der Waals surface area contributed by atoms with Crippen molar-refractivity contribution in [3.05, 3.63) is 58.5 Å². The molecule has 39 heavy (non-hydrogen) atoms. The first-order chi connectivity index (χ1) is 18.9. The van der Waals surface area contributed by atoms with Crippen LogP contribution in [-0.2, 0) is 11.2 Å². The van der Waals surface area contributed by atoms with Crippen molar-refractivity contribution in [1.82, 2.24) is 19.5 Å². The van der Waals surface area contributed by atoms with Crippen molar-refractivity contribution in [2.75, 3.05) is 49.6 Å². The molecule has 0 saturated carbocycles. The van der Waals surface area contributed by atoms with Gasteiger partial charge in [0.15, 0.2) is 5.13 Å². The van der Waals surface area contributed by atoms with Gasteiger partial charge in [0, 0.05) is 62.0 Å². The van der Waals surface area contributed by atoms with E-state index < -0.39 is 0 Å². The Morgan fingerprint density at radius 3 is 2.59 bits per heavy atom. The zero-order chi connectivity index (χ0) is 26.9. The fraction of sp³-hybridized carbons (Fsp3) is 0.414. The van der Waals surface area contributed by atoms with Crippen LogP contribution in [0.3, 0.4) is 0 Å². The molecule has 1 spiro atoms. The van der Waals surface area contributed by atoms with E-state index in [1.807, 2.05) is 16.5 Å². The summed E-state index contributed by atoms with van der Waals surface area (Å²) in [4.78, 5) is 12.3. The largest absolute Gasteiger partial charge is 0.370 e. The zero-order valence-corrected chi connectivity index (χ0v) is 23.1. The molecule has 0 N–H and O–H groups in total. The average molecular weight is 544 g/mol. The number of fused-ring (bicyclic) bond motifs is 1. The Kier molecular flexibility index (Phi) is 5.67. The highest BCUT2D eigenvalue weighted by molar-refractivity contribution is 7.16. The molecule has 0 radical (unpaired) electrons. The molecule has 3 aromatic heterocycles. The predicted molar refractivity (Wildman–Crippen MR) is 150 cm³/mol. The number of pyridine rings is 1. The molecule has 3 aliphatic heterocycles. The van der Waals surface area contributed by atoms with E-state index in [-0.39, 0.29) is 5.82 Å². The number of aryl methyl sites for hydroxylation is 2. The van der Waals surface area contributed by atoms with Crippen molar-refractivity contribution >= 4 is 33.4 Å². The Bertz CT molecular complexity index is 1600. The summed E-state index contributed by atoms with van der Waals surface area (Å²) in [6, 6.07) is 12.9. The lowest BCUT2D eigenvalue weighted by Gasteiger charge is -2.63.